The molecule has 1 aromatic heterocycles. The summed E-state index contributed by atoms with van der Waals surface area (Å²) in [5, 5.41) is 0.310. The highest BCUT2D eigenvalue weighted by Crippen LogP contribution is 2.33. The number of hydrogen-bond donors (Lipinski definition) is 1. The van der Waals surface area contributed by atoms with Crippen LogP contribution in [0.1, 0.15) is 0 Å². The van der Waals surface area contributed by atoms with Gasteiger partial charge in [-0.2, -0.15) is 4.31 Å². The van der Waals surface area contributed by atoms with Gasteiger partial charge in [0, 0.05) is 32.2 Å². The van der Waals surface area contributed by atoms with E-state index in [0.29, 0.717) is 35.6 Å². The number of carbonyl (C=O) groups is 1. The molecule has 1 fully saturated rings. The van der Waals surface area contributed by atoms with Gasteiger partial charge in [-0.25, -0.2) is 13.2 Å². The number of H-pyrrole nitrogens is 1. The molecule has 1 amide bonds. The number of ether oxygens (including phenoxy) is 2. The summed E-state index contributed by atoms with van der Waals surface area (Å²) in [6.07, 6.45) is 0. The third-order valence-electron chi connectivity index (χ3n) is 5.93. The molecule has 3 aromatic rings. The SMILES string of the molecule is O=C(Cn1c(=O)[nH]c2ccccc2c1=O)N1CCN(S(=O)(=O)c2ccc3c(c2)OCCO3)CC1. The zero-order valence-corrected chi connectivity index (χ0v) is 18.9. The Balaban J connectivity index is 1.28. The van der Waals surface area contributed by atoms with Gasteiger partial charge in [-0.1, -0.05) is 12.1 Å². The average Bonchev–Trinajstić information content (AvgIpc) is 2.86. The van der Waals surface area contributed by atoms with Gasteiger partial charge in [-0.05, 0) is 24.3 Å². The first-order valence-corrected chi connectivity index (χ1v) is 12.2. The van der Waals surface area contributed by atoms with Crippen molar-refractivity contribution in [3.8, 4) is 11.5 Å². The normalized spacial score (nSPS) is 16.5. The summed E-state index contributed by atoms with van der Waals surface area (Å²) in [7, 11) is -3.79. The highest BCUT2D eigenvalue weighted by Gasteiger charge is 2.31. The molecule has 34 heavy (non-hydrogen) atoms. The van der Waals surface area contributed by atoms with Crippen LogP contribution in [0.2, 0.25) is 0 Å². The zero-order chi connectivity index (χ0) is 23.9. The Hall–Kier alpha value is -3.64. The van der Waals surface area contributed by atoms with Crippen LogP contribution in [0.25, 0.3) is 10.9 Å². The van der Waals surface area contributed by atoms with E-state index in [9.17, 15) is 22.8 Å². The second kappa shape index (κ2) is 8.61. The predicted molar refractivity (Wildman–Crippen MR) is 122 cm³/mol. The molecular weight excluding hydrogens is 464 g/mol. The van der Waals surface area contributed by atoms with Crippen LogP contribution < -0.4 is 20.7 Å². The second-order valence-electron chi connectivity index (χ2n) is 7.96. The van der Waals surface area contributed by atoms with E-state index in [2.05, 4.69) is 4.98 Å². The monoisotopic (exact) mass is 486 g/mol. The lowest BCUT2D eigenvalue weighted by atomic mass is 10.2. The molecule has 5 rings (SSSR count). The van der Waals surface area contributed by atoms with Crippen molar-refractivity contribution in [2.24, 2.45) is 0 Å². The Morgan fingerprint density at radius 3 is 2.41 bits per heavy atom. The minimum atomic E-state index is -3.79. The van der Waals surface area contributed by atoms with Crippen LogP contribution in [-0.4, -0.2) is 72.5 Å². The van der Waals surface area contributed by atoms with Crippen molar-refractivity contribution in [1.29, 1.82) is 0 Å². The molecule has 178 valence electrons. The molecule has 0 spiro atoms. The molecule has 0 atom stereocenters. The van der Waals surface area contributed by atoms with Gasteiger partial charge in [-0.15, -0.1) is 0 Å². The molecule has 0 aliphatic carbocycles. The number of fused-ring (bicyclic) bond motifs is 2. The van der Waals surface area contributed by atoms with E-state index >= 15 is 0 Å². The Morgan fingerprint density at radius 1 is 0.941 bits per heavy atom. The first-order chi connectivity index (χ1) is 16.3. The molecule has 0 radical (unpaired) electrons. The van der Waals surface area contributed by atoms with Crippen molar-refractivity contribution in [1.82, 2.24) is 18.8 Å². The number of para-hydroxylation sites is 1. The Morgan fingerprint density at radius 2 is 1.65 bits per heavy atom. The van der Waals surface area contributed by atoms with Crippen LogP contribution in [0.15, 0.2) is 56.9 Å². The summed E-state index contributed by atoms with van der Waals surface area (Å²) in [6, 6.07) is 11.1. The predicted octanol–water partition coefficient (Wildman–Crippen LogP) is -0.00590. The van der Waals surface area contributed by atoms with Crippen LogP contribution >= 0.6 is 0 Å². The maximum atomic E-state index is 13.1. The summed E-state index contributed by atoms with van der Waals surface area (Å²) in [6.45, 7) is 0.795. The summed E-state index contributed by atoms with van der Waals surface area (Å²) in [5.74, 6) is 0.450. The van der Waals surface area contributed by atoms with Crippen LogP contribution in [-0.2, 0) is 21.4 Å². The Bertz CT molecular complexity index is 1490. The second-order valence-corrected chi connectivity index (χ2v) is 9.90. The smallest absolute Gasteiger partial charge is 0.329 e. The minimum Gasteiger partial charge on any atom is -0.486 e. The Labute approximate surface area is 194 Å². The third-order valence-corrected chi connectivity index (χ3v) is 7.82. The van der Waals surface area contributed by atoms with Gasteiger partial charge in [0.1, 0.15) is 19.8 Å². The molecule has 0 bridgehead atoms. The van der Waals surface area contributed by atoms with Crippen LogP contribution in [0, 0.1) is 0 Å². The lowest BCUT2D eigenvalue weighted by Gasteiger charge is -2.34. The van der Waals surface area contributed by atoms with Crippen molar-refractivity contribution >= 4 is 26.8 Å². The number of rotatable bonds is 4. The molecule has 3 heterocycles. The number of sulfonamides is 1. The topological polar surface area (TPSA) is 131 Å². The summed E-state index contributed by atoms with van der Waals surface area (Å²) in [5.41, 5.74) is -0.816. The van der Waals surface area contributed by atoms with Gasteiger partial charge in [0.15, 0.2) is 11.5 Å². The van der Waals surface area contributed by atoms with Crippen molar-refractivity contribution in [3.63, 3.8) is 0 Å². The summed E-state index contributed by atoms with van der Waals surface area (Å²) < 4.78 is 39.3. The molecule has 2 aromatic carbocycles. The molecule has 1 N–H and O–H groups in total. The van der Waals surface area contributed by atoms with Crippen molar-refractivity contribution in [2.75, 3.05) is 39.4 Å². The number of carbonyl (C=O) groups excluding carboxylic acids is 1. The maximum absolute atomic E-state index is 13.1. The van der Waals surface area contributed by atoms with Gasteiger partial charge in [0.2, 0.25) is 15.9 Å². The van der Waals surface area contributed by atoms with Crippen molar-refractivity contribution < 1.29 is 22.7 Å². The first kappa shape index (κ1) is 22.2. The van der Waals surface area contributed by atoms with E-state index in [1.54, 1.807) is 30.3 Å². The number of amides is 1. The lowest BCUT2D eigenvalue weighted by Crippen LogP contribution is -2.52. The lowest BCUT2D eigenvalue weighted by molar-refractivity contribution is -0.133. The zero-order valence-electron chi connectivity index (χ0n) is 18.1. The molecule has 12 heteroatoms. The molecule has 11 nitrogen and oxygen atoms in total. The Kier molecular flexibility index (Phi) is 5.62. The highest BCUT2D eigenvalue weighted by atomic mass is 32.2. The quantitative estimate of drug-likeness (QED) is 0.549. The van der Waals surface area contributed by atoms with E-state index in [-0.39, 0.29) is 31.1 Å². The van der Waals surface area contributed by atoms with E-state index in [1.807, 2.05) is 0 Å². The number of hydrogen-bond acceptors (Lipinski definition) is 7. The van der Waals surface area contributed by atoms with Gasteiger partial charge in [0.05, 0.1) is 15.8 Å². The molecule has 2 aliphatic heterocycles. The molecule has 0 unspecified atom stereocenters. The largest absolute Gasteiger partial charge is 0.486 e. The van der Waals surface area contributed by atoms with E-state index in [1.165, 1.54) is 21.3 Å². The highest BCUT2D eigenvalue weighted by molar-refractivity contribution is 7.89. The average molecular weight is 487 g/mol. The number of nitrogens with zero attached hydrogens (tertiary/aromatic N) is 3. The fourth-order valence-electron chi connectivity index (χ4n) is 4.09. The van der Waals surface area contributed by atoms with Crippen LogP contribution in [0.5, 0.6) is 11.5 Å². The third kappa shape index (κ3) is 3.94. The summed E-state index contributed by atoms with van der Waals surface area (Å²) >= 11 is 0. The van der Waals surface area contributed by atoms with E-state index in [4.69, 9.17) is 9.47 Å². The van der Waals surface area contributed by atoms with Crippen molar-refractivity contribution in [2.45, 2.75) is 11.4 Å². The van der Waals surface area contributed by atoms with Gasteiger partial charge >= 0.3 is 5.69 Å². The van der Waals surface area contributed by atoms with Crippen LogP contribution in [0.3, 0.4) is 0 Å². The number of aromatic nitrogens is 2. The molecular formula is C22H22N4O7S. The molecule has 0 saturated carbocycles. The van der Waals surface area contributed by atoms with E-state index < -0.39 is 33.7 Å². The number of nitrogens with one attached hydrogen (secondary N) is 1. The van der Waals surface area contributed by atoms with E-state index in [0.717, 1.165) is 4.57 Å². The number of aromatic amines is 1. The fraction of sp³-hybridized carbons (Fsp3) is 0.318. The van der Waals surface area contributed by atoms with Crippen molar-refractivity contribution in [3.05, 3.63) is 63.3 Å². The van der Waals surface area contributed by atoms with Crippen LogP contribution in [0.4, 0.5) is 0 Å². The molecule has 2 aliphatic rings. The van der Waals surface area contributed by atoms with Gasteiger partial charge < -0.3 is 19.4 Å². The minimum absolute atomic E-state index is 0.0887. The first-order valence-electron chi connectivity index (χ1n) is 10.7. The maximum Gasteiger partial charge on any atom is 0.329 e. The van der Waals surface area contributed by atoms with Gasteiger partial charge in [-0.3, -0.25) is 14.2 Å². The fourth-order valence-corrected chi connectivity index (χ4v) is 5.53. The molecule has 1 saturated heterocycles. The standard InChI is InChI=1S/C22H22N4O7S/c27-20(14-26-21(28)16-3-1-2-4-17(16)23-22(26)29)24-7-9-25(10-8-24)34(30,31)15-5-6-18-19(13-15)33-12-11-32-18/h1-6,13H,7-12,14H2,(H,23,29). The number of piperazine rings is 1. The summed E-state index contributed by atoms with van der Waals surface area (Å²) in [4.78, 5) is 42.0. The van der Waals surface area contributed by atoms with Gasteiger partial charge in [0.25, 0.3) is 5.56 Å². The number of benzene rings is 2.